The monoisotopic (exact) mass is 475 g/mol. The van der Waals surface area contributed by atoms with Crippen LogP contribution in [0.5, 0.6) is 11.5 Å². The molecule has 1 aliphatic carbocycles. The van der Waals surface area contributed by atoms with Crippen LogP contribution in [0.2, 0.25) is 5.02 Å². The molecule has 174 valence electrons. The van der Waals surface area contributed by atoms with Gasteiger partial charge in [0.15, 0.2) is 11.3 Å². The Morgan fingerprint density at radius 1 is 1.18 bits per heavy atom. The van der Waals surface area contributed by atoms with Gasteiger partial charge in [0.05, 0.1) is 7.11 Å². The first-order chi connectivity index (χ1) is 16.5. The normalized spacial score (nSPS) is 18.4. The van der Waals surface area contributed by atoms with E-state index in [0.29, 0.717) is 29.3 Å². The van der Waals surface area contributed by atoms with Crippen LogP contribution in [0.15, 0.2) is 59.0 Å². The number of nitrogens with one attached hydrogen (secondary N) is 1. The van der Waals surface area contributed by atoms with Crippen molar-refractivity contribution >= 4 is 39.4 Å². The van der Waals surface area contributed by atoms with Crippen molar-refractivity contribution in [2.24, 2.45) is 0 Å². The Morgan fingerprint density at radius 3 is 2.82 bits per heavy atom. The van der Waals surface area contributed by atoms with Crippen LogP contribution in [0.25, 0.3) is 21.9 Å². The maximum Gasteiger partial charge on any atom is 0.220 e. The Hall–Kier alpha value is -3.18. The quantitative estimate of drug-likeness (QED) is 0.347. The van der Waals surface area contributed by atoms with Gasteiger partial charge >= 0.3 is 0 Å². The number of para-hydroxylation sites is 1. The molecule has 1 N–H and O–H groups in total. The lowest BCUT2D eigenvalue weighted by atomic mass is 9.70. The van der Waals surface area contributed by atoms with Crippen molar-refractivity contribution in [3.63, 3.8) is 0 Å². The van der Waals surface area contributed by atoms with Crippen LogP contribution in [-0.2, 0) is 11.3 Å². The lowest BCUT2D eigenvalue weighted by Gasteiger charge is -2.48. The molecule has 3 aromatic carbocycles. The number of hydrogen-bond donors (Lipinski definition) is 1. The molecular weight excluding hydrogens is 450 g/mol. The highest BCUT2D eigenvalue weighted by Crippen LogP contribution is 2.51. The summed E-state index contributed by atoms with van der Waals surface area (Å²) in [5, 5.41) is 5.81. The zero-order valence-corrected chi connectivity index (χ0v) is 19.8. The van der Waals surface area contributed by atoms with E-state index < -0.39 is 0 Å². The topological polar surface area (TPSA) is 60.7 Å². The summed E-state index contributed by atoms with van der Waals surface area (Å²) < 4.78 is 17.9. The van der Waals surface area contributed by atoms with Gasteiger partial charge in [-0.05, 0) is 67.1 Å². The molecule has 1 saturated carbocycles. The van der Waals surface area contributed by atoms with Crippen molar-refractivity contribution in [1.82, 2.24) is 5.32 Å². The van der Waals surface area contributed by atoms with E-state index in [4.69, 9.17) is 25.5 Å². The Labute approximate surface area is 203 Å². The number of halogens is 1. The van der Waals surface area contributed by atoms with Crippen molar-refractivity contribution in [1.29, 1.82) is 0 Å². The second-order valence-electron chi connectivity index (χ2n) is 9.43. The van der Waals surface area contributed by atoms with Gasteiger partial charge in [-0.2, -0.15) is 0 Å². The summed E-state index contributed by atoms with van der Waals surface area (Å²) in [6.07, 6.45) is 4.53. The van der Waals surface area contributed by atoms with Crippen molar-refractivity contribution < 1.29 is 18.7 Å². The number of carbonyl (C=O) groups is 1. The molecule has 1 spiro atoms. The molecule has 6 heteroatoms. The summed E-state index contributed by atoms with van der Waals surface area (Å²) in [7, 11) is 1.64. The molecule has 1 atom stereocenters. The molecule has 2 aliphatic rings. The number of carbonyl (C=O) groups excluding carboxylic acids is 1. The first-order valence-corrected chi connectivity index (χ1v) is 12.2. The van der Waals surface area contributed by atoms with E-state index in [1.165, 1.54) is 6.42 Å². The second-order valence-corrected chi connectivity index (χ2v) is 9.87. The molecule has 6 rings (SSSR count). The van der Waals surface area contributed by atoms with Crippen LogP contribution in [0.3, 0.4) is 0 Å². The predicted octanol–water partition coefficient (Wildman–Crippen LogP) is 6.74. The van der Waals surface area contributed by atoms with Crippen molar-refractivity contribution in [2.75, 3.05) is 7.11 Å². The van der Waals surface area contributed by atoms with Gasteiger partial charge in [-0.15, -0.1) is 0 Å². The summed E-state index contributed by atoms with van der Waals surface area (Å²) in [6, 6.07) is 17.6. The number of benzene rings is 3. The highest BCUT2D eigenvalue weighted by molar-refractivity contribution is 6.30. The molecule has 1 aliphatic heterocycles. The Bertz CT molecular complexity index is 1400. The molecule has 1 aromatic heterocycles. The van der Waals surface area contributed by atoms with E-state index in [-0.39, 0.29) is 17.4 Å². The van der Waals surface area contributed by atoms with Crippen LogP contribution in [0, 0.1) is 0 Å². The van der Waals surface area contributed by atoms with Gasteiger partial charge in [0, 0.05) is 34.7 Å². The zero-order chi connectivity index (χ0) is 23.3. The maximum absolute atomic E-state index is 13.1. The van der Waals surface area contributed by atoms with E-state index in [9.17, 15) is 4.79 Å². The van der Waals surface area contributed by atoms with E-state index in [1.54, 1.807) is 7.11 Å². The van der Waals surface area contributed by atoms with Crippen molar-refractivity contribution in [2.45, 2.75) is 50.2 Å². The minimum Gasteiger partial charge on any atom is -0.493 e. The maximum atomic E-state index is 13.1. The summed E-state index contributed by atoms with van der Waals surface area (Å²) in [4.78, 5) is 13.1. The van der Waals surface area contributed by atoms with E-state index in [2.05, 4.69) is 5.32 Å². The van der Waals surface area contributed by atoms with Gasteiger partial charge in [-0.25, -0.2) is 0 Å². The van der Waals surface area contributed by atoms with Crippen LogP contribution in [0.1, 0.15) is 49.1 Å². The first-order valence-electron chi connectivity index (χ1n) is 11.8. The molecule has 2 heterocycles. The zero-order valence-electron chi connectivity index (χ0n) is 19.0. The lowest BCUT2D eigenvalue weighted by Crippen LogP contribution is -2.47. The van der Waals surface area contributed by atoms with E-state index in [1.807, 2.05) is 54.6 Å². The molecular formula is C28H26ClNO4. The Balaban J connectivity index is 1.25. The Morgan fingerprint density at radius 2 is 2.03 bits per heavy atom. The Kier molecular flexibility index (Phi) is 5.18. The highest BCUT2D eigenvalue weighted by Gasteiger charge is 2.45. The number of ether oxygens (including phenoxy) is 2. The fourth-order valence-electron chi connectivity index (χ4n) is 5.50. The first kappa shape index (κ1) is 21.4. The molecule has 1 fully saturated rings. The SMILES string of the molecule is COc1ccc(CNC(=O)CC2CC3(CCC3)Oc3ccc(Cl)cc32)c2c1oc1ccccc12. The molecule has 0 saturated heterocycles. The third-order valence-electron chi connectivity index (χ3n) is 7.33. The number of hydrogen-bond acceptors (Lipinski definition) is 4. The summed E-state index contributed by atoms with van der Waals surface area (Å²) in [5.41, 5.74) is 3.42. The standard InChI is InChI=1S/C28H26ClNO4/c1-32-24-9-7-17(26-20-5-2-3-6-22(20)33-27(24)26)16-30-25(31)13-18-15-28(11-4-12-28)34-23-10-8-19(29)14-21(18)23/h2-3,5-10,14,18H,4,11-13,15-16H2,1H3,(H,30,31). The predicted molar refractivity (Wildman–Crippen MR) is 133 cm³/mol. The largest absolute Gasteiger partial charge is 0.493 e. The molecule has 34 heavy (non-hydrogen) atoms. The van der Waals surface area contributed by atoms with Gasteiger partial charge in [0.25, 0.3) is 0 Å². The third-order valence-corrected chi connectivity index (χ3v) is 7.56. The third kappa shape index (κ3) is 3.59. The van der Waals surface area contributed by atoms with E-state index >= 15 is 0 Å². The molecule has 1 amide bonds. The van der Waals surface area contributed by atoms with Crippen LogP contribution < -0.4 is 14.8 Å². The molecule has 4 aromatic rings. The van der Waals surface area contributed by atoms with Gasteiger partial charge in [0.1, 0.15) is 16.9 Å². The van der Waals surface area contributed by atoms with Crippen molar-refractivity contribution in [3.05, 3.63) is 70.7 Å². The van der Waals surface area contributed by atoms with Gasteiger partial charge in [-0.3, -0.25) is 4.79 Å². The number of fused-ring (bicyclic) bond motifs is 4. The summed E-state index contributed by atoms with van der Waals surface area (Å²) in [5.74, 6) is 1.66. The molecule has 0 bridgehead atoms. The lowest BCUT2D eigenvalue weighted by molar-refractivity contribution is -0.122. The molecule has 0 radical (unpaired) electrons. The average molecular weight is 476 g/mol. The molecule has 5 nitrogen and oxygen atoms in total. The summed E-state index contributed by atoms with van der Waals surface area (Å²) in [6.45, 7) is 0.416. The number of methoxy groups -OCH3 is 1. The average Bonchev–Trinajstić information content (AvgIpc) is 3.22. The smallest absolute Gasteiger partial charge is 0.220 e. The minimum atomic E-state index is -0.121. The van der Waals surface area contributed by atoms with Crippen LogP contribution in [0.4, 0.5) is 0 Å². The number of rotatable bonds is 5. The number of amides is 1. The van der Waals surface area contributed by atoms with Gasteiger partial charge in [-0.1, -0.05) is 35.9 Å². The van der Waals surface area contributed by atoms with Crippen molar-refractivity contribution in [3.8, 4) is 11.5 Å². The minimum absolute atomic E-state index is 0.0177. The fourth-order valence-corrected chi connectivity index (χ4v) is 5.68. The van der Waals surface area contributed by atoms with Gasteiger partial charge in [0.2, 0.25) is 5.91 Å². The van der Waals surface area contributed by atoms with Gasteiger partial charge < -0.3 is 19.2 Å². The number of furan rings is 1. The second kappa shape index (κ2) is 8.24. The van der Waals surface area contributed by atoms with E-state index in [0.717, 1.165) is 52.5 Å². The summed E-state index contributed by atoms with van der Waals surface area (Å²) >= 11 is 6.28. The van der Waals surface area contributed by atoms with Crippen LogP contribution in [-0.4, -0.2) is 18.6 Å². The fraction of sp³-hybridized carbons (Fsp3) is 0.321. The highest BCUT2D eigenvalue weighted by atomic mass is 35.5. The van der Waals surface area contributed by atoms with Crippen LogP contribution >= 0.6 is 11.6 Å². The molecule has 1 unspecified atom stereocenters.